The minimum Gasteiger partial charge on any atom is -0.462 e. The van der Waals surface area contributed by atoms with Crippen LogP contribution in [0.4, 0.5) is 0 Å². The molecule has 0 fully saturated rings. The number of carbonyl (C=O) groups excluding carboxylic acids is 1. The quantitative estimate of drug-likeness (QED) is 0.860. The Bertz CT molecular complexity index is 590. The largest absolute Gasteiger partial charge is 0.462 e. The zero-order chi connectivity index (χ0) is 14.5. The number of esters is 1. The first kappa shape index (κ1) is 14.7. The van der Waals surface area contributed by atoms with Gasteiger partial charge in [-0.05, 0) is 31.5 Å². The summed E-state index contributed by atoms with van der Waals surface area (Å²) in [4.78, 5) is 17.2. The van der Waals surface area contributed by atoms with Gasteiger partial charge in [0.25, 0.3) is 0 Å². The first-order chi connectivity index (χ1) is 9.63. The summed E-state index contributed by atoms with van der Waals surface area (Å²) in [5.74, 6) is -0.279. The summed E-state index contributed by atoms with van der Waals surface area (Å²) in [7, 11) is 0. The van der Waals surface area contributed by atoms with E-state index in [1.807, 2.05) is 19.1 Å². The van der Waals surface area contributed by atoms with Crippen LogP contribution in [0.15, 0.2) is 24.3 Å². The van der Waals surface area contributed by atoms with Gasteiger partial charge in [-0.15, -0.1) is 11.3 Å². The molecule has 4 nitrogen and oxygen atoms in total. The van der Waals surface area contributed by atoms with Crippen molar-refractivity contribution in [3.05, 3.63) is 51.0 Å². The van der Waals surface area contributed by atoms with Crippen LogP contribution < -0.4 is 5.73 Å². The van der Waals surface area contributed by atoms with E-state index in [0.717, 1.165) is 22.7 Å². The van der Waals surface area contributed by atoms with Crippen LogP contribution >= 0.6 is 11.3 Å². The summed E-state index contributed by atoms with van der Waals surface area (Å²) < 4.78 is 4.96. The predicted molar refractivity (Wildman–Crippen MR) is 79.9 cm³/mol. The summed E-state index contributed by atoms with van der Waals surface area (Å²) >= 11 is 1.65. The van der Waals surface area contributed by atoms with Crippen molar-refractivity contribution >= 4 is 17.3 Å². The number of aryl methyl sites for hydroxylation is 1. The number of nitrogens with two attached hydrogens (primary N) is 1. The number of benzene rings is 1. The van der Waals surface area contributed by atoms with Crippen LogP contribution in [0.25, 0.3) is 0 Å². The number of hydrogen-bond donors (Lipinski definition) is 1. The molecule has 1 heterocycles. The molecule has 0 aliphatic rings. The van der Waals surface area contributed by atoms with E-state index in [1.54, 1.807) is 30.4 Å². The highest BCUT2D eigenvalue weighted by molar-refractivity contribution is 7.11. The average Bonchev–Trinajstić information content (AvgIpc) is 2.80. The Kier molecular flexibility index (Phi) is 4.87. The average molecular weight is 290 g/mol. The van der Waals surface area contributed by atoms with Crippen molar-refractivity contribution in [2.75, 3.05) is 6.61 Å². The van der Waals surface area contributed by atoms with Gasteiger partial charge in [-0.1, -0.05) is 12.1 Å². The molecule has 0 spiro atoms. The molecule has 0 bridgehead atoms. The molecular formula is C15H18N2O2S. The predicted octanol–water partition coefficient (Wildman–Crippen LogP) is 2.68. The van der Waals surface area contributed by atoms with Crippen molar-refractivity contribution in [3.8, 4) is 0 Å². The Morgan fingerprint density at radius 2 is 2.05 bits per heavy atom. The van der Waals surface area contributed by atoms with E-state index < -0.39 is 0 Å². The van der Waals surface area contributed by atoms with Crippen LogP contribution in [0, 0.1) is 6.92 Å². The lowest BCUT2D eigenvalue weighted by atomic mass is 10.1. The Balaban J connectivity index is 2.10. The van der Waals surface area contributed by atoms with Gasteiger partial charge in [0, 0.05) is 17.8 Å². The van der Waals surface area contributed by atoms with Gasteiger partial charge in [0.2, 0.25) is 0 Å². The molecule has 0 saturated heterocycles. The smallest absolute Gasteiger partial charge is 0.338 e. The number of carbonyl (C=O) groups is 1. The number of thiazole rings is 1. The summed E-state index contributed by atoms with van der Waals surface area (Å²) in [5.41, 5.74) is 8.37. The van der Waals surface area contributed by atoms with E-state index in [9.17, 15) is 4.79 Å². The maximum absolute atomic E-state index is 11.6. The van der Waals surface area contributed by atoms with Crippen molar-refractivity contribution in [3.63, 3.8) is 0 Å². The standard InChI is InChI=1S/C15H18N2O2S/c1-3-19-15(18)12-6-4-11(5-7-12)8-13-10(2)17-14(9-16)20-13/h4-7H,3,8-9,16H2,1-2H3. The molecule has 5 heteroatoms. The molecule has 2 aromatic rings. The summed E-state index contributed by atoms with van der Waals surface area (Å²) in [6.45, 7) is 4.67. The Morgan fingerprint density at radius 1 is 1.35 bits per heavy atom. The number of nitrogens with zero attached hydrogens (tertiary/aromatic N) is 1. The van der Waals surface area contributed by atoms with E-state index >= 15 is 0 Å². The van der Waals surface area contributed by atoms with Crippen molar-refractivity contribution in [2.24, 2.45) is 5.73 Å². The number of aromatic nitrogens is 1. The van der Waals surface area contributed by atoms with Gasteiger partial charge in [0.15, 0.2) is 0 Å². The minimum atomic E-state index is -0.279. The van der Waals surface area contributed by atoms with Gasteiger partial charge >= 0.3 is 5.97 Å². The first-order valence-corrected chi connectivity index (χ1v) is 7.37. The second kappa shape index (κ2) is 6.63. The molecule has 2 N–H and O–H groups in total. The maximum atomic E-state index is 11.6. The van der Waals surface area contributed by atoms with Gasteiger partial charge < -0.3 is 10.5 Å². The fourth-order valence-corrected chi connectivity index (χ4v) is 2.88. The zero-order valence-electron chi connectivity index (χ0n) is 11.7. The monoisotopic (exact) mass is 290 g/mol. The molecule has 2 rings (SSSR count). The number of ether oxygens (including phenoxy) is 1. The highest BCUT2D eigenvalue weighted by atomic mass is 32.1. The van der Waals surface area contributed by atoms with Crippen LogP contribution in [-0.2, 0) is 17.7 Å². The minimum absolute atomic E-state index is 0.279. The Labute approximate surface area is 122 Å². The molecule has 0 saturated carbocycles. The Hall–Kier alpha value is -1.72. The van der Waals surface area contributed by atoms with Crippen molar-refractivity contribution in [2.45, 2.75) is 26.8 Å². The molecule has 0 aliphatic heterocycles. The van der Waals surface area contributed by atoms with Crippen molar-refractivity contribution < 1.29 is 9.53 Å². The zero-order valence-corrected chi connectivity index (χ0v) is 12.5. The molecule has 0 aliphatic carbocycles. The molecule has 1 aromatic carbocycles. The number of hydrogen-bond acceptors (Lipinski definition) is 5. The summed E-state index contributed by atoms with van der Waals surface area (Å²) in [6.07, 6.45) is 0.812. The van der Waals surface area contributed by atoms with Crippen LogP contribution in [0.2, 0.25) is 0 Å². The molecule has 0 atom stereocenters. The topological polar surface area (TPSA) is 65.2 Å². The maximum Gasteiger partial charge on any atom is 0.338 e. The third-order valence-electron chi connectivity index (χ3n) is 2.94. The second-order valence-corrected chi connectivity index (χ2v) is 5.58. The SMILES string of the molecule is CCOC(=O)c1ccc(Cc2sc(CN)nc2C)cc1. The fraction of sp³-hybridized carbons (Fsp3) is 0.333. The van der Waals surface area contributed by atoms with E-state index in [4.69, 9.17) is 10.5 Å². The van der Waals surface area contributed by atoms with Crippen molar-refractivity contribution in [1.29, 1.82) is 0 Å². The lowest BCUT2D eigenvalue weighted by Gasteiger charge is -2.03. The third-order valence-corrected chi connectivity index (χ3v) is 4.12. The molecule has 0 unspecified atom stereocenters. The molecule has 20 heavy (non-hydrogen) atoms. The van der Waals surface area contributed by atoms with Crippen molar-refractivity contribution in [1.82, 2.24) is 4.98 Å². The van der Waals surface area contributed by atoms with E-state index in [1.165, 1.54) is 4.88 Å². The molecule has 106 valence electrons. The lowest BCUT2D eigenvalue weighted by molar-refractivity contribution is 0.0526. The lowest BCUT2D eigenvalue weighted by Crippen LogP contribution is -2.04. The van der Waals surface area contributed by atoms with Crippen LogP contribution in [0.5, 0.6) is 0 Å². The van der Waals surface area contributed by atoms with Crippen LogP contribution in [0.1, 0.15) is 38.4 Å². The molecule has 1 aromatic heterocycles. The fourth-order valence-electron chi connectivity index (χ4n) is 1.90. The molecular weight excluding hydrogens is 272 g/mol. The van der Waals surface area contributed by atoms with Crippen LogP contribution in [0.3, 0.4) is 0 Å². The van der Waals surface area contributed by atoms with Crippen LogP contribution in [-0.4, -0.2) is 17.6 Å². The molecule has 0 amide bonds. The van der Waals surface area contributed by atoms with E-state index in [0.29, 0.717) is 18.7 Å². The van der Waals surface area contributed by atoms with E-state index in [2.05, 4.69) is 4.98 Å². The van der Waals surface area contributed by atoms with E-state index in [-0.39, 0.29) is 5.97 Å². The third kappa shape index (κ3) is 3.43. The first-order valence-electron chi connectivity index (χ1n) is 6.55. The molecule has 0 radical (unpaired) electrons. The van der Waals surface area contributed by atoms with Gasteiger partial charge in [-0.25, -0.2) is 9.78 Å². The highest BCUT2D eigenvalue weighted by Gasteiger charge is 2.09. The summed E-state index contributed by atoms with van der Waals surface area (Å²) in [6, 6.07) is 7.50. The normalized spacial score (nSPS) is 10.6. The van der Waals surface area contributed by atoms with Gasteiger partial charge in [-0.3, -0.25) is 0 Å². The Morgan fingerprint density at radius 3 is 2.60 bits per heavy atom. The summed E-state index contributed by atoms with van der Waals surface area (Å²) in [5, 5.41) is 0.959. The van der Waals surface area contributed by atoms with Gasteiger partial charge in [0.1, 0.15) is 5.01 Å². The van der Waals surface area contributed by atoms with Gasteiger partial charge in [-0.2, -0.15) is 0 Å². The second-order valence-electron chi connectivity index (χ2n) is 4.41. The van der Waals surface area contributed by atoms with Gasteiger partial charge in [0.05, 0.1) is 17.9 Å². The highest BCUT2D eigenvalue weighted by Crippen LogP contribution is 2.21. The number of rotatable bonds is 5.